The quantitative estimate of drug-likeness (QED) is 0.286. The van der Waals surface area contributed by atoms with Crippen molar-refractivity contribution in [3.8, 4) is 11.3 Å². The molecule has 0 aliphatic carbocycles. The molecule has 0 aliphatic heterocycles. The summed E-state index contributed by atoms with van der Waals surface area (Å²) in [7, 11) is 1.47. The smallest absolute Gasteiger partial charge is 0.253 e. The summed E-state index contributed by atoms with van der Waals surface area (Å²) in [5.41, 5.74) is 3.48. The van der Waals surface area contributed by atoms with E-state index in [2.05, 4.69) is 36.4 Å². The minimum atomic E-state index is -0.898. The van der Waals surface area contributed by atoms with Gasteiger partial charge in [0.1, 0.15) is 6.04 Å². The largest absolute Gasteiger partial charge is 0.382 e. The Morgan fingerprint density at radius 2 is 1.82 bits per heavy atom. The molecule has 8 nitrogen and oxygen atoms in total. The van der Waals surface area contributed by atoms with E-state index in [0.29, 0.717) is 22.0 Å². The topological polar surface area (TPSA) is 102 Å². The van der Waals surface area contributed by atoms with E-state index in [-0.39, 0.29) is 23.8 Å². The number of hydrogen-bond donors (Lipinski definition) is 2. The normalized spacial score (nSPS) is 11.8. The van der Waals surface area contributed by atoms with Gasteiger partial charge in [0.05, 0.1) is 17.9 Å². The average molecular weight is 555 g/mol. The fourth-order valence-corrected chi connectivity index (χ4v) is 4.47. The van der Waals surface area contributed by atoms with E-state index in [0.717, 1.165) is 24.0 Å². The number of ether oxygens (including phenoxy) is 1. The molecule has 2 aromatic heterocycles. The molecule has 2 amide bonds. The van der Waals surface area contributed by atoms with Gasteiger partial charge in [-0.1, -0.05) is 45.7 Å². The number of nitrogens with zero attached hydrogens (tertiary/aromatic N) is 2. The zero-order chi connectivity index (χ0) is 29.2. The van der Waals surface area contributed by atoms with Crippen LogP contribution in [0.4, 0.5) is 5.13 Å². The van der Waals surface area contributed by atoms with Crippen molar-refractivity contribution in [2.45, 2.75) is 79.3 Å². The van der Waals surface area contributed by atoms with Crippen LogP contribution in [0.3, 0.4) is 0 Å². The minimum Gasteiger partial charge on any atom is -0.382 e. The van der Waals surface area contributed by atoms with Crippen LogP contribution in [-0.2, 0) is 21.5 Å². The van der Waals surface area contributed by atoms with Gasteiger partial charge in [-0.25, -0.2) is 4.98 Å². The van der Waals surface area contributed by atoms with Crippen LogP contribution < -0.4 is 10.6 Å². The maximum absolute atomic E-state index is 13.0. The zero-order valence-corrected chi connectivity index (χ0v) is 25.2. The molecule has 2 N–H and O–H groups in total. The highest BCUT2D eigenvalue weighted by molar-refractivity contribution is 7.14. The van der Waals surface area contributed by atoms with Crippen molar-refractivity contribution in [2.75, 3.05) is 19.0 Å². The van der Waals surface area contributed by atoms with Gasteiger partial charge in [0.25, 0.3) is 11.8 Å². The van der Waals surface area contributed by atoms with Crippen LogP contribution >= 0.6 is 11.3 Å². The monoisotopic (exact) mass is 554 g/mol. The SMILES string of the molecule is CCC.CCCc1ccc(-c2csc(NC(=O)C(COC)NC(=O)c3ccn(C(C)(C)C)c3)n2)cc1C(C)=O. The van der Waals surface area contributed by atoms with E-state index in [1.165, 1.54) is 24.9 Å². The lowest BCUT2D eigenvalue weighted by molar-refractivity contribution is -0.119. The van der Waals surface area contributed by atoms with Gasteiger partial charge in [0.2, 0.25) is 0 Å². The number of hydrogen-bond acceptors (Lipinski definition) is 6. The number of methoxy groups -OCH3 is 1. The van der Waals surface area contributed by atoms with Gasteiger partial charge < -0.3 is 19.9 Å². The summed E-state index contributed by atoms with van der Waals surface area (Å²) >= 11 is 1.27. The van der Waals surface area contributed by atoms with Crippen LogP contribution in [0.5, 0.6) is 0 Å². The molecular formula is C30H42N4O4S. The fourth-order valence-electron chi connectivity index (χ4n) is 3.75. The summed E-state index contributed by atoms with van der Waals surface area (Å²) in [5, 5.41) is 7.74. The van der Waals surface area contributed by atoms with Crippen LogP contribution in [-0.4, -0.2) is 46.9 Å². The molecule has 9 heteroatoms. The van der Waals surface area contributed by atoms with Crippen molar-refractivity contribution in [1.82, 2.24) is 14.9 Å². The van der Waals surface area contributed by atoms with Gasteiger partial charge >= 0.3 is 0 Å². The lowest BCUT2D eigenvalue weighted by atomic mass is 9.97. The Hall–Kier alpha value is -3.30. The first-order valence-corrected chi connectivity index (χ1v) is 14.2. The van der Waals surface area contributed by atoms with E-state index in [1.54, 1.807) is 19.2 Å². The number of thiazole rings is 1. The fraction of sp³-hybridized carbons (Fsp3) is 0.467. The van der Waals surface area contributed by atoms with Crippen LogP contribution in [0, 0.1) is 0 Å². The maximum Gasteiger partial charge on any atom is 0.253 e. The summed E-state index contributed by atoms with van der Waals surface area (Å²) in [5.74, 6) is -0.775. The van der Waals surface area contributed by atoms with Crippen molar-refractivity contribution < 1.29 is 19.1 Å². The molecule has 0 saturated heterocycles. The van der Waals surface area contributed by atoms with Gasteiger partial charge in [-0.2, -0.15) is 0 Å². The Kier molecular flexibility index (Phi) is 12.1. The molecule has 1 atom stereocenters. The van der Waals surface area contributed by atoms with E-state index in [1.807, 2.05) is 55.1 Å². The number of nitrogens with one attached hydrogen (secondary N) is 2. The lowest BCUT2D eigenvalue weighted by Crippen LogP contribution is -2.46. The summed E-state index contributed by atoms with van der Waals surface area (Å²) in [6.45, 7) is 14.0. The molecule has 212 valence electrons. The summed E-state index contributed by atoms with van der Waals surface area (Å²) in [4.78, 5) is 42.4. The number of anilines is 1. The Morgan fingerprint density at radius 3 is 2.38 bits per heavy atom. The molecule has 0 fully saturated rings. The molecule has 0 bridgehead atoms. The first kappa shape index (κ1) is 31.9. The third kappa shape index (κ3) is 9.14. The molecule has 1 aromatic carbocycles. The zero-order valence-electron chi connectivity index (χ0n) is 24.4. The van der Waals surface area contributed by atoms with E-state index in [4.69, 9.17) is 4.74 Å². The highest BCUT2D eigenvalue weighted by atomic mass is 32.1. The number of aryl methyl sites for hydroxylation is 1. The third-order valence-electron chi connectivity index (χ3n) is 5.72. The molecule has 3 aromatic rings. The molecule has 1 unspecified atom stereocenters. The summed E-state index contributed by atoms with van der Waals surface area (Å²) < 4.78 is 7.11. The highest BCUT2D eigenvalue weighted by Gasteiger charge is 2.24. The lowest BCUT2D eigenvalue weighted by Gasteiger charge is -2.21. The summed E-state index contributed by atoms with van der Waals surface area (Å²) in [6, 6.07) is 6.58. The number of rotatable bonds is 10. The Bertz CT molecular complexity index is 1260. The number of carbonyl (C=O) groups is 3. The van der Waals surface area contributed by atoms with Gasteiger partial charge in [-0.3, -0.25) is 14.4 Å². The molecule has 0 saturated carbocycles. The van der Waals surface area contributed by atoms with Crippen molar-refractivity contribution >= 4 is 34.1 Å². The minimum absolute atomic E-state index is 0.0106. The van der Waals surface area contributed by atoms with Gasteiger partial charge in [-0.15, -0.1) is 11.3 Å². The molecule has 0 spiro atoms. The predicted octanol–water partition coefficient (Wildman–Crippen LogP) is 6.32. The number of benzene rings is 1. The number of amides is 2. The van der Waals surface area contributed by atoms with Crippen molar-refractivity contribution in [2.24, 2.45) is 0 Å². The van der Waals surface area contributed by atoms with Gasteiger partial charge in [0.15, 0.2) is 10.9 Å². The first-order valence-electron chi connectivity index (χ1n) is 13.3. The number of Topliss-reactive ketones (excluding diaryl/α,β-unsaturated/α-hetero) is 1. The molecule has 0 radical (unpaired) electrons. The molecular weight excluding hydrogens is 512 g/mol. The molecule has 0 aliphatic rings. The second-order valence-corrected chi connectivity index (χ2v) is 11.2. The summed E-state index contributed by atoms with van der Waals surface area (Å²) in [6.07, 6.45) is 6.63. The van der Waals surface area contributed by atoms with Gasteiger partial charge in [0, 0.05) is 41.5 Å². The predicted molar refractivity (Wildman–Crippen MR) is 159 cm³/mol. The van der Waals surface area contributed by atoms with Gasteiger partial charge in [-0.05, 0) is 51.8 Å². The molecule has 2 heterocycles. The van der Waals surface area contributed by atoms with E-state index in [9.17, 15) is 14.4 Å². The maximum atomic E-state index is 13.0. The standard InChI is InChI=1S/C27H34N4O4S.C3H8/c1-7-8-18-9-10-19(13-21(18)17(2)32)23-16-36-26(29-23)30-25(34)22(15-35-6)28-24(33)20-11-12-31(14-20)27(3,4)5;1-3-2/h9-14,16,22H,7-8,15H2,1-6H3,(H,28,33)(H,29,30,34);3H2,1-2H3. The molecule has 3 rings (SSSR count). The van der Waals surface area contributed by atoms with Crippen molar-refractivity contribution in [3.05, 3.63) is 58.7 Å². The average Bonchev–Trinajstić information content (AvgIpc) is 3.55. The number of aromatic nitrogens is 2. The van der Waals surface area contributed by atoms with Crippen LogP contribution in [0.2, 0.25) is 0 Å². The second kappa shape index (κ2) is 14.7. The Morgan fingerprint density at radius 1 is 1.13 bits per heavy atom. The van der Waals surface area contributed by atoms with Crippen LogP contribution in [0.15, 0.2) is 42.0 Å². The van der Waals surface area contributed by atoms with Crippen molar-refractivity contribution in [3.63, 3.8) is 0 Å². The third-order valence-corrected chi connectivity index (χ3v) is 6.48. The van der Waals surface area contributed by atoms with Crippen molar-refractivity contribution in [1.29, 1.82) is 0 Å². The number of carbonyl (C=O) groups excluding carboxylic acids is 3. The molecule has 39 heavy (non-hydrogen) atoms. The van der Waals surface area contributed by atoms with Crippen LogP contribution in [0.25, 0.3) is 11.3 Å². The van der Waals surface area contributed by atoms with Crippen LogP contribution in [0.1, 0.15) is 87.6 Å². The van der Waals surface area contributed by atoms with E-state index >= 15 is 0 Å². The first-order chi connectivity index (χ1) is 18.4. The second-order valence-electron chi connectivity index (χ2n) is 10.4. The van der Waals surface area contributed by atoms with E-state index < -0.39 is 11.9 Å². The number of ketones is 1. The Labute approximate surface area is 236 Å². The highest BCUT2D eigenvalue weighted by Crippen LogP contribution is 2.27. The Balaban J connectivity index is 0.00000170.